The Morgan fingerprint density at radius 3 is 2.43 bits per heavy atom. The van der Waals surface area contributed by atoms with E-state index in [2.05, 4.69) is 20.7 Å². The lowest BCUT2D eigenvalue weighted by atomic mass is 10.3. The molecule has 1 aromatic rings. The number of halogens is 5. The number of nitrogen functional groups attached to an aromatic ring is 1. The van der Waals surface area contributed by atoms with Gasteiger partial charge in [0.2, 0.25) is 0 Å². The van der Waals surface area contributed by atoms with Crippen LogP contribution in [0.25, 0.3) is 0 Å². The molecule has 0 bridgehead atoms. The molecule has 0 unspecified atom stereocenters. The summed E-state index contributed by atoms with van der Waals surface area (Å²) in [7, 11) is 0. The third-order valence-electron chi connectivity index (χ3n) is 1.30. The van der Waals surface area contributed by atoms with Gasteiger partial charge in [-0.2, -0.15) is 0 Å². The predicted molar refractivity (Wildman–Crippen MR) is 58.0 cm³/mol. The van der Waals surface area contributed by atoms with Crippen LogP contribution in [-0.4, -0.2) is 6.36 Å². The molecule has 0 saturated heterocycles. The largest absolute Gasteiger partial charge is 0.573 e. The lowest BCUT2D eigenvalue weighted by Gasteiger charge is -2.13. The second-order valence-corrected chi connectivity index (χ2v) is 4.28. The van der Waals surface area contributed by atoms with E-state index in [9.17, 15) is 13.2 Å². The highest BCUT2D eigenvalue weighted by Gasteiger charge is 2.33. The molecule has 0 heterocycles. The van der Waals surface area contributed by atoms with Crippen molar-refractivity contribution in [3.63, 3.8) is 0 Å². The highest BCUT2D eigenvalue weighted by molar-refractivity contribution is 14.1. The topological polar surface area (TPSA) is 35.2 Å². The van der Waals surface area contributed by atoms with Crippen LogP contribution in [0.3, 0.4) is 0 Å². The molecule has 1 aromatic carbocycles. The molecule has 14 heavy (non-hydrogen) atoms. The Balaban J connectivity index is 3.13. The van der Waals surface area contributed by atoms with Gasteiger partial charge in [-0.05, 0) is 50.7 Å². The fourth-order valence-electron chi connectivity index (χ4n) is 0.757. The van der Waals surface area contributed by atoms with Crippen LogP contribution in [0.2, 0.25) is 0 Å². The summed E-state index contributed by atoms with van der Waals surface area (Å²) in [4.78, 5) is 0. The highest BCUT2D eigenvalue weighted by Crippen LogP contribution is 2.38. The summed E-state index contributed by atoms with van der Waals surface area (Å²) in [6.07, 6.45) is -4.71. The quantitative estimate of drug-likeness (QED) is 0.596. The third-order valence-corrected chi connectivity index (χ3v) is 2.96. The molecule has 0 aliphatic heterocycles. The van der Waals surface area contributed by atoms with E-state index >= 15 is 0 Å². The van der Waals surface area contributed by atoms with Gasteiger partial charge in [0, 0.05) is 5.69 Å². The third kappa shape index (κ3) is 2.91. The molecule has 0 amide bonds. The molecule has 0 saturated carbocycles. The number of nitrogens with two attached hydrogens (primary N) is 1. The van der Waals surface area contributed by atoms with Crippen molar-refractivity contribution in [1.29, 1.82) is 0 Å². The van der Waals surface area contributed by atoms with Crippen molar-refractivity contribution in [3.05, 3.63) is 20.2 Å². The first kappa shape index (κ1) is 11.9. The lowest BCUT2D eigenvalue weighted by molar-refractivity contribution is -0.275. The molecule has 0 aromatic heterocycles. The number of ether oxygens (including phenoxy) is 1. The molecule has 0 aliphatic carbocycles. The van der Waals surface area contributed by atoms with Gasteiger partial charge < -0.3 is 10.5 Å². The minimum absolute atomic E-state index is 0.113. The molecule has 0 aliphatic rings. The second-order valence-electron chi connectivity index (χ2n) is 2.33. The van der Waals surface area contributed by atoms with Crippen molar-refractivity contribution >= 4 is 44.2 Å². The van der Waals surface area contributed by atoms with Crippen molar-refractivity contribution in [1.82, 2.24) is 0 Å². The van der Waals surface area contributed by atoms with Gasteiger partial charge in [-0.1, -0.05) is 0 Å². The van der Waals surface area contributed by atoms with E-state index in [1.807, 2.05) is 0 Å². The molecule has 7 heteroatoms. The van der Waals surface area contributed by atoms with E-state index < -0.39 is 6.36 Å². The molecule has 0 spiro atoms. The fraction of sp³-hybridized carbons (Fsp3) is 0.143. The molecular weight excluding hydrogens is 378 g/mol. The monoisotopic (exact) mass is 381 g/mol. The van der Waals surface area contributed by atoms with Crippen LogP contribution < -0.4 is 10.5 Å². The van der Waals surface area contributed by atoms with E-state index in [0.29, 0.717) is 3.57 Å². The van der Waals surface area contributed by atoms with Gasteiger partial charge in [-0.25, -0.2) is 0 Å². The summed E-state index contributed by atoms with van der Waals surface area (Å²) in [5, 5.41) is 0. The SMILES string of the molecule is Nc1ccc(I)c(OC(F)(F)F)c1Br. The van der Waals surface area contributed by atoms with E-state index in [-0.39, 0.29) is 15.9 Å². The maximum atomic E-state index is 11.9. The number of hydrogen-bond donors (Lipinski definition) is 1. The van der Waals surface area contributed by atoms with Crippen molar-refractivity contribution in [2.75, 3.05) is 5.73 Å². The Morgan fingerprint density at radius 1 is 1.36 bits per heavy atom. The molecule has 1 rings (SSSR count). The molecule has 2 N–H and O–H groups in total. The standard InChI is InChI=1S/C7H4BrF3INO/c8-5-4(13)2-1-3(12)6(5)14-7(9,10)11/h1-2H,13H2. The summed E-state index contributed by atoms with van der Waals surface area (Å²) in [5.41, 5.74) is 5.61. The molecule has 0 radical (unpaired) electrons. The smallest absolute Gasteiger partial charge is 0.403 e. The highest BCUT2D eigenvalue weighted by atomic mass is 127. The summed E-state index contributed by atoms with van der Waals surface area (Å²) in [6.45, 7) is 0. The van der Waals surface area contributed by atoms with Crippen LogP contribution in [0.4, 0.5) is 18.9 Å². The molecule has 2 nitrogen and oxygen atoms in total. The first-order valence-corrected chi connectivity index (χ1v) is 5.17. The summed E-state index contributed by atoms with van der Waals surface area (Å²) in [5.74, 6) is -0.307. The molecule has 78 valence electrons. The van der Waals surface area contributed by atoms with Crippen LogP contribution in [0, 0.1) is 3.57 Å². The number of alkyl halides is 3. The summed E-state index contributed by atoms with van der Waals surface area (Å²) in [6, 6.07) is 2.94. The molecule has 0 atom stereocenters. The predicted octanol–water partition coefficient (Wildman–Crippen LogP) is 3.53. The van der Waals surface area contributed by atoms with E-state index in [1.54, 1.807) is 22.6 Å². The summed E-state index contributed by atoms with van der Waals surface area (Å²) < 4.78 is 40.1. The average Bonchev–Trinajstić information content (AvgIpc) is 2.04. The Bertz CT molecular complexity index is 356. The minimum Gasteiger partial charge on any atom is -0.403 e. The Kier molecular flexibility index (Phi) is 3.51. The van der Waals surface area contributed by atoms with E-state index in [0.717, 1.165) is 0 Å². The maximum Gasteiger partial charge on any atom is 0.573 e. The van der Waals surface area contributed by atoms with Crippen LogP contribution in [-0.2, 0) is 0 Å². The van der Waals surface area contributed by atoms with Gasteiger partial charge in [0.05, 0.1) is 8.04 Å². The normalized spacial score (nSPS) is 11.5. The van der Waals surface area contributed by atoms with E-state index in [1.165, 1.54) is 12.1 Å². The summed E-state index contributed by atoms with van der Waals surface area (Å²) >= 11 is 4.66. The lowest BCUT2D eigenvalue weighted by Crippen LogP contribution is -2.18. The van der Waals surface area contributed by atoms with Gasteiger partial charge in [0.15, 0.2) is 5.75 Å². The van der Waals surface area contributed by atoms with Crippen molar-refractivity contribution < 1.29 is 17.9 Å². The molecular formula is C7H4BrF3INO. The van der Waals surface area contributed by atoms with Crippen LogP contribution in [0.1, 0.15) is 0 Å². The number of rotatable bonds is 1. The van der Waals surface area contributed by atoms with Crippen LogP contribution in [0.5, 0.6) is 5.75 Å². The number of hydrogen-bond acceptors (Lipinski definition) is 2. The van der Waals surface area contributed by atoms with Gasteiger partial charge in [-0.15, -0.1) is 13.2 Å². The van der Waals surface area contributed by atoms with Gasteiger partial charge in [0.25, 0.3) is 0 Å². The maximum absolute atomic E-state index is 11.9. The number of anilines is 1. The fourth-order valence-corrected chi connectivity index (χ4v) is 2.11. The molecule has 0 fully saturated rings. The Labute approximate surface area is 99.9 Å². The average molecular weight is 382 g/mol. The zero-order valence-corrected chi connectivity index (χ0v) is 10.3. The first-order chi connectivity index (χ1) is 6.31. The second kappa shape index (κ2) is 4.13. The minimum atomic E-state index is -4.71. The zero-order chi connectivity index (χ0) is 10.9. The van der Waals surface area contributed by atoms with Gasteiger partial charge in [-0.3, -0.25) is 0 Å². The first-order valence-electron chi connectivity index (χ1n) is 3.30. The van der Waals surface area contributed by atoms with Crippen molar-refractivity contribution in [3.8, 4) is 5.75 Å². The number of benzene rings is 1. The van der Waals surface area contributed by atoms with Crippen molar-refractivity contribution in [2.24, 2.45) is 0 Å². The van der Waals surface area contributed by atoms with Crippen molar-refractivity contribution in [2.45, 2.75) is 6.36 Å². The zero-order valence-electron chi connectivity index (χ0n) is 6.53. The van der Waals surface area contributed by atoms with Gasteiger partial charge >= 0.3 is 6.36 Å². The van der Waals surface area contributed by atoms with Crippen LogP contribution >= 0.6 is 38.5 Å². The van der Waals surface area contributed by atoms with Gasteiger partial charge in [0.1, 0.15) is 0 Å². The van der Waals surface area contributed by atoms with E-state index in [4.69, 9.17) is 5.73 Å². The van der Waals surface area contributed by atoms with Crippen LogP contribution in [0.15, 0.2) is 16.6 Å². The Hall–Kier alpha value is -0.180. The Morgan fingerprint density at radius 2 is 1.93 bits per heavy atom.